The number of likely N-dealkylation sites (N-methyl/N-ethyl adjacent to an activating group) is 1. The average Bonchev–Trinajstić information content (AvgIpc) is 2.90. The zero-order valence-electron chi connectivity index (χ0n) is 13.6. The second-order valence-corrected chi connectivity index (χ2v) is 6.58. The maximum Gasteiger partial charge on any atom is 0.123 e. The van der Waals surface area contributed by atoms with Gasteiger partial charge < -0.3 is 20.1 Å². The Bertz CT molecular complexity index is 491. The summed E-state index contributed by atoms with van der Waals surface area (Å²) in [7, 11) is 2.13. The molecule has 0 bridgehead atoms. The third-order valence-corrected chi connectivity index (χ3v) is 4.80. The number of nitrogens with one attached hydrogen (secondary N) is 1. The van der Waals surface area contributed by atoms with E-state index in [0.29, 0.717) is 13.2 Å². The molecule has 1 aromatic carbocycles. The number of hydrogen-bond acceptors (Lipinski definition) is 5. The highest BCUT2D eigenvalue weighted by Crippen LogP contribution is 2.17. The molecule has 6 heteroatoms. The van der Waals surface area contributed by atoms with E-state index >= 15 is 0 Å². The van der Waals surface area contributed by atoms with Gasteiger partial charge in [0.05, 0.1) is 24.9 Å². The molecule has 0 saturated carbocycles. The molecule has 2 heterocycles. The summed E-state index contributed by atoms with van der Waals surface area (Å²) in [6.45, 7) is 6.08. The van der Waals surface area contributed by atoms with Crippen LogP contribution in [0.3, 0.4) is 0 Å². The summed E-state index contributed by atoms with van der Waals surface area (Å²) in [5.74, 6) is -0.231. The van der Waals surface area contributed by atoms with Crippen LogP contribution in [0.15, 0.2) is 24.3 Å². The molecule has 3 atom stereocenters. The minimum atomic E-state index is -0.505. The zero-order valence-corrected chi connectivity index (χ0v) is 13.6. The number of piperazine rings is 1. The van der Waals surface area contributed by atoms with E-state index in [2.05, 4.69) is 22.2 Å². The number of nitrogens with zero attached hydrogens (tertiary/aromatic N) is 2. The monoisotopic (exact) mass is 323 g/mol. The van der Waals surface area contributed by atoms with Crippen LogP contribution < -0.4 is 5.32 Å². The molecule has 5 nitrogen and oxygen atoms in total. The highest BCUT2D eigenvalue weighted by Gasteiger charge is 2.36. The minimum absolute atomic E-state index is 0.0717. The number of benzene rings is 1. The van der Waals surface area contributed by atoms with Gasteiger partial charge in [0.1, 0.15) is 5.82 Å². The summed E-state index contributed by atoms with van der Waals surface area (Å²) >= 11 is 0. The van der Waals surface area contributed by atoms with Crippen LogP contribution in [0, 0.1) is 5.82 Å². The molecule has 1 aromatic rings. The molecule has 2 N–H and O–H groups in total. The molecule has 3 rings (SSSR count). The molecule has 128 valence electrons. The lowest BCUT2D eigenvalue weighted by atomic mass is 10.1. The fourth-order valence-electron chi connectivity index (χ4n) is 3.16. The summed E-state index contributed by atoms with van der Waals surface area (Å²) in [6, 6.07) is 6.35. The predicted octanol–water partition coefficient (Wildman–Crippen LogP) is 0.291. The Morgan fingerprint density at radius 3 is 2.61 bits per heavy atom. The Balaban J connectivity index is 1.44. The van der Waals surface area contributed by atoms with Gasteiger partial charge in [-0.2, -0.15) is 0 Å². The van der Waals surface area contributed by atoms with E-state index in [1.807, 2.05) is 0 Å². The molecule has 2 fully saturated rings. The molecule has 23 heavy (non-hydrogen) atoms. The Labute approximate surface area is 137 Å². The van der Waals surface area contributed by atoms with Crippen LogP contribution in [-0.4, -0.2) is 79.5 Å². The quantitative estimate of drug-likeness (QED) is 0.816. The first-order chi connectivity index (χ1) is 11.1. The van der Waals surface area contributed by atoms with Gasteiger partial charge in [-0.15, -0.1) is 0 Å². The van der Waals surface area contributed by atoms with Crippen molar-refractivity contribution in [1.29, 1.82) is 0 Å². The number of hydrogen-bond donors (Lipinski definition) is 2. The van der Waals surface area contributed by atoms with Gasteiger partial charge in [0.15, 0.2) is 0 Å². The summed E-state index contributed by atoms with van der Waals surface area (Å²) < 4.78 is 18.7. The van der Waals surface area contributed by atoms with Crippen molar-refractivity contribution in [3.63, 3.8) is 0 Å². The van der Waals surface area contributed by atoms with Crippen molar-refractivity contribution in [3.05, 3.63) is 35.6 Å². The summed E-state index contributed by atoms with van der Waals surface area (Å²) in [4.78, 5) is 4.67. The van der Waals surface area contributed by atoms with E-state index in [1.165, 1.54) is 12.1 Å². The summed E-state index contributed by atoms with van der Waals surface area (Å²) in [6.07, 6.45) is -0.640. The summed E-state index contributed by atoms with van der Waals surface area (Å²) in [5, 5.41) is 13.8. The zero-order chi connectivity index (χ0) is 16.2. The van der Waals surface area contributed by atoms with Crippen LogP contribution in [0.5, 0.6) is 0 Å². The largest absolute Gasteiger partial charge is 0.389 e. The highest BCUT2D eigenvalue weighted by molar-refractivity contribution is 5.16. The predicted molar refractivity (Wildman–Crippen MR) is 86.7 cm³/mol. The lowest BCUT2D eigenvalue weighted by Crippen LogP contribution is -2.50. The molecular formula is C17H26FN3O2. The van der Waals surface area contributed by atoms with Gasteiger partial charge >= 0.3 is 0 Å². The van der Waals surface area contributed by atoms with Crippen molar-refractivity contribution < 1.29 is 14.2 Å². The van der Waals surface area contributed by atoms with Crippen LogP contribution in [0.1, 0.15) is 5.56 Å². The molecule has 0 aromatic heterocycles. The van der Waals surface area contributed by atoms with Gasteiger partial charge in [0.2, 0.25) is 0 Å². The topological polar surface area (TPSA) is 48.0 Å². The molecule has 2 aliphatic rings. The molecule has 3 unspecified atom stereocenters. The van der Waals surface area contributed by atoms with Crippen LogP contribution in [0.4, 0.5) is 4.39 Å². The van der Waals surface area contributed by atoms with Crippen LogP contribution >= 0.6 is 0 Å². The second kappa shape index (κ2) is 7.68. The fraction of sp³-hybridized carbons (Fsp3) is 0.647. The van der Waals surface area contributed by atoms with Gasteiger partial charge in [-0.05, 0) is 24.7 Å². The van der Waals surface area contributed by atoms with Gasteiger partial charge in [-0.3, -0.25) is 4.90 Å². The Hall–Kier alpha value is -1.05. The van der Waals surface area contributed by atoms with Crippen LogP contribution in [0.2, 0.25) is 0 Å². The van der Waals surface area contributed by atoms with E-state index in [4.69, 9.17) is 4.74 Å². The van der Waals surface area contributed by atoms with Crippen molar-refractivity contribution in [2.75, 3.05) is 46.4 Å². The Kier molecular flexibility index (Phi) is 5.61. The number of halogens is 1. The normalized spacial score (nSPS) is 30.0. The third kappa shape index (κ3) is 4.49. The SMILES string of the molecule is CN1CCN(CC2OCC(NCc3ccc(F)cc3)C2O)CC1. The van der Waals surface area contributed by atoms with Crippen LogP contribution in [0.25, 0.3) is 0 Å². The van der Waals surface area contributed by atoms with E-state index in [0.717, 1.165) is 38.3 Å². The van der Waals surface area contributed by atoms with Gasteiger partial charge in [-0.1, -0.05) is 12.1 Å². The van der Waals surface area contributed by atoms with E-state index in [-0.39, 0.29) is 18.0 Å². The molecule has 0 radical (unpaired) electrons. The maximum atomic E-state index is 12.9. The van der Waals surface area contributed by atoms with Crippen molar-refractivity contribution in [2.45, 2.75) is 24.8 Å². The van der Waals surface area contributed by atoms with Crippen molar-refractivity contribution in [1.82, 2.24) is 15.1 Å². The van der Waals surface area contributed by atoms with Crippen LogP contribution in [-0.2, 0) is 11.3 Å². The molecule has 0 aliphatic carbocycles. The molecule has 2 saturated heterocycles. The van der Waals surface area contributed by atoms with Crippen molar-refractivity contribution in [3.8, 4) is 0 Å². The van der Waals surface area contributed by atoms with E-state index < -0.39 is 6.10 Å². The van der Waals surface area contributed by atoms with Crippen molar-refractivity contribution >= 4 is 0 Å². The third-order valence-electron chi connectivity index (χ3n) is 4.80. The fourth-order valence-corrected chi connectivity index (χ4v) is 3.16. The van der Waals surface area contributed by atoms with Gasteiger partial charge in [-0.25, -0.2) is 4.39 Å². The summed E-state index contributed by atoms with van der Waals surface area (Å²) in [5.41, 5.74) is 1.00. The molecule has 2 aliphatic heterocycles. The molecule has 0 amide bonds. The molecule has 0 spiro atoms. The first-order valence-electron chi connectivity index (χ1n) is 8.30. The van der Waals surface area contributed by atoms with Gasteiger partial charge in [0.25, 0.3) is 0 Å². The Morgan fingerprint density at radius 1 is 1.22 bits per heavy atom. The smallest absolute Gasteiger partial charge is 0.123 e. The number of rotatable bonds is 5. The number of aliphatic hydroxyl groups is 1. The lowest BCUT2D eigenvalue weighted by molar-refractivity contribution is 0.00600. The van der Waals surface area contributed by atoms with E-state index in [1.54, 1.807) is 12.1 Å². The highest BCUT2D eigenvalue weighted by atomic mass is 19.1. The standard InChI is InChI=1S/C17H26FN3O2/c1-20-6-8-21(9-7-20)11-16-17(22)15(12-23-16)19-10-13-2-4-14(18)5-3-13/h2-5,15-17,19,22H,6-12H2,1H3. The second-order valence-electron chi connectivity index (χ2n) is 6.58. The van der Waals surface area contributed by atoms with E-state index in [9.17, 15) is 9.50 Å². The first kappa shape index (κ1) is 16.8. The number of ether oxygens (including phenoxy) is 1. The first-order valence-corrected chi connectivity index (χ1v) is 8.30. The van der Waals surface area contributed by atoms with Crippen molar-refractivity contribution in [2.24, 2.45) is 0 Å². The molecular weight excluding hydrogens is 297 g/mol. The minimum Gasteiger partial charge on any atom is -0.389 e. The van der Waals surface area contributed by atoms with Gasteiger partial charge in [0, 0.05) is 39.3 Å². The Morgan fingerprint density at radius 2 is 1.91 bits per heavy atom. The maximum absolute atomic E-state index is 12.9. The lowest BCUT2D eigenvalue weighted by Gasteiger charge is -2.34. The number of aliphatic hydroxyl groups excluding tert-OH is 1. The average molecular weight is 323 g/mol.